The lowest BCUT2D eigenvalue weighted by atomic mass is 9.94. The molecule has 5 rings (SSSR count). The van der Waals surface area contributed by atoms with Gasteiger partial charge in [0.25, 0.3) is 11.6 Å². The van der Waals surface area contributed by atoms with E-state index in [1.54, 1.807) is 17.0 Å². The lowest BCUT2D eigenvalue weighted by molar-refractivity contribution is -0.190. The zero-order chi connectivity index (χ0) is 23.5. The molecule has 0 aliphatic carbocycles. The number of hydrogen-bond acceptors (Lipinski definition) is 7. The monoisotopic (exact) mass is 466 g/mol. The van der Waals surface area contributed by atoms with Gasteiger partial charge in [-0.15, -0.1) is 0 Å². The lowest BCUT2D eigenvalue weighted by Crippen LogP contribution is -2.73. The van der Waals surface area contributed by atoms with Gasteiger partial charge in [0.1, 0.15) is 0 Å². The number of fused-ring (bicyclic) bond motifs is 3. The van der Waals surface area contributed by atoms with Gasteiger partial charge in [0.05, 0.1) is 18.2 Å². The fourth-order valence-corrected chi connectivity index (χ4v) is 5.50. The van der Waals surface area contributed by atoms with Crippen LogP contribution in [0.3, 0.4) is 0 Å². The number of halogens is 3. The van der Waals surface area contributed by atoms with E-state index in [0.717, 1.165) is 4.90 Å². The number of methoxy groups -OCH3 is 1. The van der Waals surface area contributed by atoms with Crippen molar-refractivity contribution in [3.8, 4) is 0 Å². The quantitative estimate of drug-likeness (QED) is 0.718. The number of nitrogens with one attached hydrogen (secondary N) is 1. The zero-order valence-electron chi connectivity index (χ0n) is 17.5. The molecule has 13 heteroatoms. The number of carbonyl (C=O) groups excluding carboxylic acids is 3. The Bertz CT molecular complexity index is 1010. The average Bonchev–Trinajstić information content (AvgIpc) is 3.29. The molecule has 4 unspecified atom stereocenters. The Kier molecular flexibility index (Phi) is 4.85. The lowest BCUT2D eigenvalue weighted by Gasteiger charge is -2.49. The predicted molar refractivity (Wildman–Crippen MR) is 107 cm³/mol. The maximum Gasteiger partial charge on any atom is 0.471 e. The number of carbonyl (C=O) groups is 3. The van der Waals surface area contributed by atoms with E-state index in [4.69, 9.17) is 4.74 Å². The number of aliphatic imine (C=N–C) groups is 1. The summed E-state index contributed by atoms with van der Waals surface area (Å²) in [7, 11) is 1.30. The van der Waals surface area contributed by atoms with E-state index in [1.807, 2.05) is 0 Å². The third-order valence-electron chi connectivity index (χ3n) is 6.87. The van der Waals surface area contributed by atoms with Crippen LogP contribution < -0.4 is 10.2 Å². The molecule has 4 amide bonds. The van der Waals surface area contributed by atoms with Crippen molar-refractivity contribution in [1.82, 2.24) is 20.1 Å². The molecule has 4 atom stereocenters. The molecule has 10 nitrogen and oxygen atoms in total. The number of hydrogen-bond donors (Lipinski definition) is 1. The van der Waals surface area contributed by atoms with Crippen molar-refractivity contribution in [1.29, 1.82) is 0 Å². The number of imide groups is 1. The van der Waals surface area contributed by atoms with Crippen molar-refractivity contribution in [3.63, 3.8) is 0 Å². The van der Waals surface area contributed by atoms with Gasteiger partial charge in [-0.2, -0.15) is 13.2 Å². The Balaban J connectivity index is 1.48. The predicted octanol–water partition coefficient (Wildman–Crippen LogP) is 1.23. The third kappa shape index (κ3) is 3.16. The molecule has 33 heavy (non-hydrogen) atoms. The summed E-state index contributed by atoms with van der Waals surface area (Å²) in [5, 5.41) is 2.26. The minimum absolute atomic E-state index is 0.247. The van der Waals surface area contributed by atoms with Crippen LogP contribution in [0.2, 0.25) is 0 Å². The molecule has 0 saturated carbocycles. The van der Waals surface area contributed by atoms with Crippen molar-refractivity contribution in [2.24, 2.45) is 4.99 Å². The highest BCUT2D eigenvalue weighted by atomic mass is 19.4. The third-order valence-corrected chi connectivity index (χ3v) is 6.87. The molecule has 176 valence electrons. The molecular formula is C20H21F3N6O4. The maximum atomic E-state index is 13.1. The fraction of sp³-hybridized carbons (Fsp3) is 0.550. The van der Waals surface area contributed by atoms with E-state index >= 15 is 0 Å². The van der Waals surface area contributed by atoms with Crippen molar-refractivity contribution in [2.75, 3.05) is 12.0 Å². The highest BCUT2D eigenvalue weighted by Gasteiger charge is 2.63. The molecule has 3 fully saturated rings. The van der Waals surface area contributed by atoms with Gasteiger partial charge in [0.15, 0.2) is 6.17 Å². The van der Waals surface area contributed by atoms with Crippen LogP contribution in [0.5, 0.6) is 0 Å². The van der Waals surface area contributed by atoms with Gasteiger partial charge in [0, 0.05) is 31.4 Å². The van der Waals surface area contributed by atoms with E-state index < -0.39 is 48.0 Å². The summed E-state index contributed by atoms with van der Waals surface area (Å²) in [6.45, 7) is 0. The Morgan fingerprint density at radius 3 is 2.48 bits per heavy atom. The first kappa shape index (κ1) is 21.6. The topological polar surface area (TPSA) is 107 Å². The Morgan fingerprint density at radius 2 is 1.91 bits per heavy atom. The number of urea groups is 1. The van der Waals surface area contributed by atoms with Gasteiger partial charge in [-0.1, -0.05) is 0 Å². The minimum Gasteiger partial charge on any atom is -0.346 e. The van der Waals surface area contributed by atoms with Crippen LogP contribution in [0.4, 0.5) is 23.7 Å². The smallest absolute Gasteiger partial charge is 0.346 e. The van der Waals surface area contributed by atoms with Gasteiger partial charge in [-0.25, -0.2) is 9.79 Å². The van der Waals surface area contributed by atoms with Crippen LogP contribution in [0.15, 0.2) is 29.5 Å². The molecular weight excluding hydrogens is 445 g/mol. The molecule has 4 aliphatic heterocycles. The standard InChI is InChI=1S/C20H21F3N6O4/c1-33-19-15(30)26-18(32)29(13-3-2-6-24-9-13)16(19)27(10-25-19)14-7-11-4-5-12(8-14)28(11)17(31)20(21,22)23/h2-3,6,9-12,14,16H,4-5,7-8H2,1H3,(H,26,30,32). The van der Waals surface area contributed by atoms with Crippen molar-refractivity contribution in [3.05, 3.63) is 24.5 Å². The second kappa shape index (κ2) is 7.40. The van der Waals surface area contributed by atoms with Crippen LogP contribution in [-0.2, 0) is 14.3 Å². The van der Waals surface area contributed by atoms with Crippen molar-refractivity contribution >= 4 is 29.9 Å². The largest absolute Gasteiger partial charge is 0.471 e. The Labute approximate surface area is 186 Å². The van der Waals surface area contributed by atoms with E-state index in [-0.39, 0.29) is 18.9 Å². The van der Waals surface area contributed by atoms with Gasteiger partial charge in [-0.3, -0.25) is 24.8 Å². The number of rotatable bonds is 3. The number of nitrogens with zero attached hydrogens (tertiary/aromatic N) is 5. The molecule has 0 spiro atoms. The summed E-state index contributed by atoms with van der Waals surface area (Å²) >= 11 is 0. The molecule has 0 radical (unpaired) electrons. The van der Waals surface area contributed by atoms with E-state index in [2.05, 4.69) is 15.3 Å². The SMILES string of the molecule is COC12N=CN(C3CC4CCC(C3)N4C(=O)C(F)(F)F)C1N(c1cccnc1)C(=O)NC2=O. The Hall–Kier alpha value is -3.22. The summed E-state index contributed by atoms with van der Waals surface area (Å²) < 4.78 is 44.9. The molecule has 1 N–H and O–H groups in total. The van der Waals surface area contributed by atoms with Crippen LogP contribution in [0.25, 0.3) is 0 Å². The summed E-state index contributed by atoms with van der Waals surface area (Å²) in [6, 6.07) is 1.06. The number of pyridine rings is 1. The van der Waals surface area contributed by atoms with Crippen molar-refractivity contribution in [2.45, 2.75) is 61.9 Å². The van der Waals surface area contributed by atoms with Gasteiger partial charge in [0.2, 0.25) is 0 Å². The number of piperidine rings is 1. The second-order valence-corrected chi connectivity index (χ2v) is 8.53. The number of alkyl halides is 3. The first-order chi connectivity index (χ1) is 15.7. The fourth-order valence-electron chi connectivity index (χ4n) is 5.50. The molecule has 0 aromatic carbocycles. The normalized spacial score (nSPS) is 33.4. The molecule has 1 aromatic heterocycles. The molecule has 5 heterocycles. The average molecular weight is 466 g/mol. The Morgan fingerprint density at radius 1 is 1.21 bits per heavy atom. The highest BCUT2D eigenvalue weighted by Crippen LogP contribution is 2.44. The first-order valence-corrected chi connectivity index (χ1v) is 10.5. The summed E-state index contributed by atoms with van der Waals surface area (Å²) in [4.78, 5) is 50.0. The molecule has 4 aliphatic rings. The van der Waals surface area contributed by atoms with Crippen LogP contribution >= 0.6 is 0 Å². The van der Waals surface area contributed by atoms with Gasteiger partial charge in [-0.05, 0) is 37.8 Å². The summed E-state index contributed by atoms with van der Waals surface area (Å²) in [5.74, 6) is -2.55. The van der Waals surface area contributed by atoms with Crippen molar-refractivity contribution < 1.29 is 32.3 Å². The number of amides is 4. The summed E-state index contributed by atoms with van der Waals surface area (Å²) in [6.07, 6.45) is -0.106. The molecule has 1 aromatic rings. The van der Waals surface area contributed by atoms with Crippen LogP contribution in [-0.4, -0.2) is 82.3 Å². The van der Waals surface area contributed by atoms with Gasteiger partial charge < -0.3 is 14.5 Å². The number of ether oxygens (including phenoxy) is 1. The van der Waals surface area contributed by atoms with E-state index in [0.29, 0.717) is 18.5 Å². The molecule has 2 bridgehead atoms. The molecule has 3 saturated heterocycles. The second-order valence-electron chi connectivity index (χ2n) is 8.53. The zero-order valence-corrected chi connectivity index (χ0v) is 17.5. The number of anilines is 1. The van der Waals surface area contributed by atoms with Crippen LogP contribution in [0.1, 0.15) is 25.7 Å². The number of aromatic nitrogens is 1. The van der Waals surface area contributed by atoms with E-state index in [1.165, 1.54) is 30.7 Å². The first-order valence-electron chi connectivity index (χ1n) is 10.5. The van der Waals surface area contributed by atoms with Gasteiger partial charge >= 0.3 is 18.1 Å². The summed E-state index contributed by atoms with van der Waals surface area (Å²) in [5.41, 5.74) is -1.35. The van der Waals surface area contributed by atoms with E-state index in [9.17, 15) is 27.6 Å². The minimum atomic E-state index is -4.93. The van der Waals surface area contributed by atoms with Crippen LogP contribution in [0, 0.1) is 0 Å². The maximum absolute atomic E-state index is 13.1. The highest BCUT2D eigenvalue weighted by molar-refractivity contribution is 6.11.